The van der Waals surface area contributed by atoms with Crippen LogP contribution in [-0.2, 0) is 14.8 Å². The number of halogens is 1. The zero-order valence-corrected chi connectivity index (χ0v) is 14.6. The van der Waals surface area contributed by atoms with Crippen LogP contribution in [0.5, 0.6) is 0 Å². The Morgan fingerprint density at radius 3 is 2.55 bits per heavy atom. The van der Waals surface area contributed by atoms with E-state index >= 15 is 0 Å². The van der Waals surface area contributed by atoms with Crippen LogP contribution in [0.2, 0.25) is 5.02 Å². The van der Waals surface area contributed by atoms with Crippen molar-refractivity contribution in [1.82, 2.24) is 10.2 Å². The summed E-state index contributed by atoms with van der Waals surface area (Å²) < 4.78 is 24.8. The molecular formula is C14H22ClN3O3S. The summed E-state index contributed by atoms with van der Waals surface area (Å²) in [4.78, 5) is 14.0. The first-order valence-corrected chi connectivity index (χ1v) is 9.07. The highest BCUT2D eigenvalue weighted by Gasteiger charge is 2.20. The molecule has 8 heteroatoms. The Morgan fingerprint density at radius 1 is 1.32 bits per heavy atom. The molecule has 0 radical (unpaired) electrons. The predicted molar refractivity (Wildman–Crippen MR) is 89.8 cm³/mol. The SMILES string of the molecule is CN(C)CCCNC(=O)CN(c1cccc(Cl)c1)S(C)(=O)=O. The van der Waals surface area contributed by atoms with Gasteiger partial charge < -0.3 is 10.2 Å². The maximum Gasteiger partial charge on any atom is 0.240 e. The van der Waals surface area contributed by atoms with Crippen molar-refractivity contribution < 1.29 is 13.2 Å². The first kappa shape index (κ1) is 18.7. The largest absolute Gasteiger partial charge is 0.354 e. The van der Waals surface area contributed by atoms with E-state index < -0.39 is 10.0 Å². The average Bonchev–Trinajstić information content (AvgIpc) is 2.39. The molecule has 6 nitrogen and oxygen atoms in total. The number of sulfonamides is 1. The number of amides is 1. The van der Waals surface area contributed by atoms with E-state index in [1.54, 1.807) is 18.2 Å². The third-order valence-corrected chi connectivity index (χ3v) is 4.26. The summed E-state index contributed by atoms with van der Waals surface area (Å²) in [6, 6.07) is 6.41. The Kier molecular flexibility index (Phi) is 7.12. The van der Waals surface area contributed by atoms with Crippen LogP contribution in [0.4, 0.5) is 5.69 Å². The van der Waals surface area contributed by atoms with Crippen molar-refractivity contribution in [3.63, 3.8) is 0 Å². The molecule has 0 spiro atoms. The van der Waals surface area contributed by atoms with Crippen LogP contribution in [0.1, 0.15) is 6.42 Å². The van der Waals surface area contributed by atoms with Gasteiger partial charge in [0, 0.05) is 11.6 Å². The van der Waals surface area contributed by atoms with E-state index in [-0.39, 0.29) is 12.5 Å². The summed E-state index contributed by atoms with van der Waals surface area (Å²) in [6.45, 7) is 1.09. The molecule has 0 aromatic heterocycles. The number of hydrogen-bond acceptors (Lipinski definition) is 4. The van der Waals surface area contributed by atoms with Crippen LogP contribution in [0.15, 0.2) is 24.3 Å². The topological polar surface area (TPSA) is 69.7 Å². The zero-order chi connectivity index (χ0) is 16.8. The number of nitrogens with one attached hydrogen (secondary N) is 1. The number of carbonyl (C=O) groups is 1. The van der Waals surface area contributed by atoms with Crippen molar-refractivity contribution in [2.24, 2.45) is 0 Å². The molecule has 1 N–H and O–H groups in total. The van der Waals surface area contributed by atoms with E-state index in [1.165, 1.54) is 6.07 Å². The molecule has 1 aromatic carbocycles. The number of hydrogen-bond donors (Lipinski definition) is 1. The molecule has 22 heavy (non-hydrogen) atoms. The fraction of sp³-hybridized carbons (Fsp3) is 0.500. The fourth-order valence-corrected chi connectivity index (χ4v) is 2.87. The van der Waals surface area contributed by atoms with E-state index in [0.29, 0.717) is 17.3 Å². The summed E-state index contributed by atoms with van der Waals surface area (Å²) in [6.07, 6.45) is 1.86. The van der Waals surface area contributed by atoms with E-state index in [9.17, 15) is 13.2 Å². The van der Waals surface area contributed by atoms with Crippen molar-refractivity contribution in [1.29, 1.82) is 0 Å². The first-order chi connectivity index (χ1) is 10.2. The van der Waals surface area contributed by atoms with Gasteiger partial charge in [-0.2, -0.15) is 0 Å². The predicted octanol–water partition coefficient (Wildman–Crippen LogP) is 1.17. The number of anilines is 1. The Bertz CT molecular complexity index is 605. The van der Waals surface area contributed by atoms with Crippen LogP contribution < -0.4 is 9.62 Å². The van der Waals surface area contributed by atoms with E-state index in [4.69, 9.17) is 11.6 Å². The smallest absolute Gasteiger partial charge is 0.240 e. The lowest BCUT2D eigenvalue weighted by Crippen LogP contribution is -2.41. The summed E-state index contributed by atoms with van der Waals surface area (Å²) >= 11 is 5.88. The molecule has 0 bridgehead atoms. The fourth-order valence-electron chi connectivity index (χ4n) is 1.84. The Hall–Kier alpha value is -1.31. The second-order valence-electron chi connectivity index (χ2n) is 5.26. The lowest BCUT2D eigenvalue weighted by molar-refractivity contribution is -0.119. The van der Waals surface area contributed by atoms with Gasteiger partial charge in [-0.05, 0) is 45.3 Å². The van der Waals surface area contributed by atoms with Crippen molar-refractivity contribution in [2.45, 2.75) is 6.42 Å². The van der Waals surface area contributed by atoms with Gasteiger partial charge in [0.15, 0.2) is 0 Å². The lowest BCUT2D eigenvalue weighted by atomic mass is 10.3. The molecule has 0 aliphatic carbocycles. The van der Waals surface area contributed by atoms with E-state index in [2.05, 4.69) is 5.32 Å². The van der Waals surface area contributed by atoms with Crippen LogP contribution >= 0.6 is 11.6 Å². The van der Waals surface area contributed by atoms with Crippen LogP contribution in [0.25, 0.3) is 0 Å². The molecule has 1 rings (SSSR count). The monoisotopic (exact) mass is 347 g/mol. The van der Waals surface area contributed by atoms with E-state index in [0.717, 1.165) is 23.5 Å². The zero-order valence-electron chi connectivity index (χ0n) is 13.0. The standard InChI is InChI=1S/C14H22ClN3O3S/c1-17(2)9-5-8-16-14(19)11-18(22(3,20)21)13-7-4-6-12(15)10-13/h4,6-7,10H,5,8-9,11H2,1-3H3,(H,16,19). The maximum atomic E-state index is 11.9. The molecule has 1 aromatic rings. The van der Waals surface area contributed by atoms with Gasteiger partial charge in [0.05, 0.1) is 11.9 Å². The van der Waals surface area contributed by atoms with Gasteiger partial charge in [0.1, 0.15) is 6.54 Å². The molecule has 0 aliphatic heterocycles. The maximum absolute atomic E-state index is 11.9. The highest BCUT2D eigenvalue weighted by atomic mass is 35.5. The van der Waals surface area contributed by atoms with Gasteiger partial charge in [-0.25, -0.2) is 8.42 Å². The molecular weight excluding hydrogens is 326 g/mol. The molecule has 1 amide bonds. The summed E-state index contributed by atoms with van der Waals surface area (Å²) in [5.41, 5.74) is 0.374. The van der Waals surface area contributed by atoms with E-state index in [1.807, 2.05) is 19.0 Å². The highest BCUT2D eigenvalue weighted by molar-refractivity contribution is 7.92. The Balaban J connectivity index is 2.69. The summed E-state index contributed by atoms with van der Waals surface area (Å²) in [5, 5.41) is 3.13. The first-order valence-electron chi connectivity index (χ1n) is 6.85. The number of rotatable bonds is 8. The van der Waals surface area contributed by atoms with Gasteiger partial charge in [0.25, 0.3) is 0 Å². The summed E-state index contributed by atoms with van der Waals surface area (Å²) in [7, 11) is 0.333. The van der Waals surface area contributed by atoms with Gasteiger partial charge in [-0.1, -0.05) is 17.7 Å². The molecule has 0 unspecified atom stereocenters. The third-order valence-electron chi connectivity index (χ3n) is 2.89. The minimum Gasteiger partial charge on any atom is -0.354 e. The molecule has 0 saturated heterocycles. The van der Waals surface area contributed by atoms with Crippen LogP contribution in [0.3, 0.4) is 0 Å². The molecule has 0 heterocycles. The molecule has 0 atom stereocenters. The minimum atomic E-state index is -3.57. The number of benzene rings is 1. The van der Waals surface area contributed by atoms with Gasteiger partial charge in [-0.3, -0.25) is 9.10 Å². The van der Waals surface area contributed by atoms with Gasteiger partial charge in [-0.15, -0.1) is 0 Å². The lowest BCUT2D eigenvalue weighted by Gasteiger charge is -2.22. The molecule has 124 valence electrons. The average molecular weight is 348 g/mol. The quantitative estimate of drug-likeness (QED) is 0.717. The minimum absolute atomic E-state index is 0.263. The highest BCUT2D eigenvalue weighted by Crippen LogP contribution is 2.21. The van der Waals surface area contributed by atoms with Gasteiger partial charge >= 0.3 is 0 Å². The molecule has 0 saturated carbocycles. The van der Waals surface area contributed by atoms with Crippen molar-refractivity contribution in [2.75, 3.05) is 44.3 Å². The van der Waals surface area contributed by atoms with Crippen LogP contribution in [0, 0.1) is 0 Å². The Labute approximate surface area is 137 Å². The van der Waals surface area contributed by atoms with Crippen molar-refractivity contribution in [3.8, 4) is 0 Å². The molecule has 0 aliphatic rings. The second-order valence-corrected chi connectivity index (χ2v) is 7.60. The number of carbonyl (C=O) groups excluding carboxylic acids is 1. The van der Waals surface area contributed by atoms with Crippen LogP contribution in [-0.4, -0.2) is 59.2 Å². The van der Waals surface area contributed by atoms with Crippen molar-refractivity contribution >= 4 is 33.2 Å². The summed E-state index contributed by atoms with van der Waals surface area (Å²) in [5.74, 6) is -0.343. The molecule has 0 fully saturated rings. The second kappa shape index (κ2) is 8.36. The van der Waals surface area contributed by atoms with Gasteiger partial charge in [0.2, 0.25) is 15.9 Å². The Morgan fingerprint density at radius 2 is 2.00 bits per heavy atom. The number of nitrogens with zero attached hydrogens (tertiary/aromatic N) is 2. The van der Waals surface area contributed by atoms with Crippen molar-refractivity contribution in [3.05, 3.63) is 29.3 Å². The normalized spacial score (nSPS) is 11.5. The third kappa shape index (κ3) is 6.64.